The molecule has 4 heteroatoms. The first-order chi connectivity index (χ1) is 8.45. The Hall–Kier alpha value is -1.68. The molecule has 18 heavy (non-hydrogen) atoms. The zero-order chi connectivity index (χ0) is 13.3. The number of halogens is 2. The van der Waals surface area contributed by atoms with Gasteiger partial charge in [0.25, 0.3) is 6.43 Å². The van der Waals surface area contributed by atoms with Gasteiger partial charge in [0.1, 0.15) is 5.75 Å². The third kappa shape index (κ3) is 2.16. The van der Waals surface area contributed by atoms with Crippen LogP contribution in [0, 0.1) is 0 Å². The Morgan fingerprint density at radius 1 is 1.11 bits per heavy atom. The topological polar surface area (TPSA) is 35.2 Å². The molecule has 0 saturated heterocycles. The minimum absolute atomic E-state index is 0.426. The van der Waals surface area contributed by atoms with E-state index in [2.05, 4.69) is 0 Å². The van der Waals surface area contributed by atoms with Crippen molar-refractivity contribution in [1.82, 2.24) is 0 Å². The second kappa shape index (κ2) is 4.53. The Morgan fingerprint density at radius 2 is 1.72 bits per heavy atom. The predicted octanol–water partition coefficient (Wildman–Crippen LogP) is 3.29. The quantitative estimate of drug-likeness (QED) is 0.908. The van der Waals surface area contributed by atoms with Crippen LogP contribution in [0.2, 0.25) is 0 Å². The van der Waals surface area contributed by atoms with Crippen molar-refractivity contribution in [3.8, 4) is 5.75 Å². The van der Waals surface area contributed by atoms with E-state index in [0.29, 0.717) is 5.56 Å². The van der Waals surface area contributed by atoms with Gasteiger partial charge in [0, 0.05) is 0 Å². The molecule has 0 spiro atoms. The van der Waals surface area contributed by atoms with Crippen LogP contribution in [0.1, 0.15) is 12.5 Å². The fourth-order valence-electron chi connectivity index (χ4n) is 1.81. The summed E-state index contributed by atoms with van der Waals surface area (Å²) in [5.41, 5.74) is 4.45. The van der Waals surface area contributed by atoms with Gasteiger partial charge in [-0.2, -0.15) is 0 Å². The van der Waals surface area contributed by atoms with Crippen LogP contribution in [0.5, 0.6) is 5.75 Å². The molecule has 2 nitrogen and oxygen atoms in total. The SMILES string of the molecule is COc1ccc2cc(C(C)(N)C(F)F)ccc2c1. The summed E-state index contributed by atoms with van der Waals surface area (Å²) < 4.78 is 30.9. The third-order valence-corrected chi connectivity index (χ3v) is 3.12. The summed E-state index contributed by atoms with van der Waals surface area (Å²) in [6.45, 7) is 1.34. The number of methoxy groups -OCH3 is 1. The summed E-state index contributed by atoms with van der Waals surface area (Å²) in [5, 5.41) is 1.80. The van der Waals surface area contributed by atoms with Crippen LogP contribution in [-0.4, -0.2) is 13.5 Å². The Labute approximate surface area is 104 Å². The van der Waals surface area contributed by atoms with Gasteiger partial charge in [-0.05, 0) is 41.5 Å². The first-order valence-electron chi connectivity index (χ1n) is 5.60. The molecule has 0 heterocycles. The molecule has 1 unspecified atom stereocenters. The molecule has 2 N–H and O–H groups in total. The normalized spacial score (nSPS) is 14.8. The summed E-state index contributed by atoms with van der Waals surface area (Å²) >= 11 is 0. The van der Waals surface area contributed by atoms with Gasteiger partial charge < -0.3 is 10.5 Å². The zero-order valence-electron chi connectivity index (χ0n) is 10.3. The number of benzene rings is 2. The van der Waals surface area contributed by atoms with Crippen molar-refractivity contribution in [2.75, 3.05) is 7.11 Å². The molecule has 0 fully saturated rings. The van der Waals surface area contributed by atoms with E-state index in [4.69, 9.17) is 10.5 Å². The molecule has 2 aromatic carbocycles. The van der Waals surface area contributed by atoms with Gasteiger partial charge in [-0.15, -0.1) is 0 Å². The van der Waals surface area contributed by atoms with Gasteiger partial charge in [-0.1, -0.05) is 18.2 Å². The van der Waals surface area contributed by atoms with Crippen molar-refractivity contribution in [2.45, 2.75) is 18.9 Å². The van der Waals surface area contributed by atoms with Crippen LogP contribution in [-0.2, 0) is 5.54 Å². The highest BCUT2D eigenvalue weighted by Gasteiger charge is 2.32. The number of nitrogens with two attached hydrogens (primary N) is 1. The van der Waals surface area contributed by atoms with E-state index < -0.39 is 12.0 Å². The second-order valence-corrected chi connectivity index (χ2v) is 4.51. The smallest absolute Gasteiger partial charge is 0.260 e. The van der Waals surface area contributed by atoms with E-state index in [1.807, 2.05) is 12.1 Å². The number of rotatable bonds is 3. The molecule has 2 aromatic rings. The number of hydrogen-bond acceptors (Lipinski definition) is 2. The van der Waals surface area contributed by atoms with Gasteiger partial charge >= 0.3 is 0 Å². The lowest BCUT2D eigenvalue weighted by molar-refractivity contribution is 0.0626. The van der Waals surface area contributed by atoms with Gasteiger partial charge in [-0.25, -0.2) is 8.78 Å². The molecule has 2 rings (SSSR count). The highest BCUT2D eigenvalue weighted by atomic mass is 19.3. The third-order valence-electron chi connectivity index (χ3n) is 3.12. The van der Waals surface area contributed by atoms with Crippen LogP contribution in [0.15, 0.2) is 36.4 Å². The summed E-state index contributed by atoms with van der Waals surface area (Å²) in [5.74, 6) is 0.736. The molecule has 0 aliphatic rings. The van der Waals surface area contributed by atoms with Crippen LogP contribution in [0.4, 0.5) is 8.78 Å². The van der Waals surface area contributed by atoms with E-state index >= 15 is 0 Å². The first kappa shape index (κ1) is 12.8. The van der Waals surface area contributed by atoms with Crippen molar-refractivity contribution in [2.24, 2.45) is 5.73 Å². The summed E-state index contributed by atoms with van der Waals surface area (Å²) in [4.78, 5) is 0. The van der Waals surface area contributed by atoms with Crippen molar-refractivity contribution >= 4 is 10.8 Å². The van der Waals surface area contributed by atoms with Gasteiger partial charge in [0.15, 0.2) is 0 Å². The second-order valence-electron chi connectivity index (χ2n) is 4.51. The van der Waals surface area contributed by atoms with Crippen LogP contribution >= 0.6 is 0 Å². The summed E-state index contributed by atoms with van der Waals surface area (Å²) in [7, 11) is 1.59. The van der Waals surface area contributed by atoms with E-state index in [0.717, 1.165) is 16.5 Å². The maximum Gasteiger partial charge on any atom is 0.260 e. The molecular weight excluding hydrogens is 236 g/mol. The van der Waals surface area contributed by atoms with Crippen LogP contribution in [0.3, 0.4) is 0 Å². The maximum absolute atomic E-state index is 12.9. The van der Waals surface area contributed by atoms with Crippen LogP contribution < -0.4 is 10.5 Å². The summed E-state index contributed by atoms with van der Waals surface area (Å²) in [6, 6.07) is 10.6. The van der Waals surface area contributed by atoms with Gasteiger partial charge in [-0.3, -0.25) is 0 Å². The number of fused-ring (bicyclic) bond motifs is 1. The standard InChI is InChI=1S/C14H15F2NO/c1-14(17,13(15)16)11-5-3-10-8-12(18-2)6-4-9(10)7-11/h3-8,13H,17H2,1-2H3. The summed E-state index contributed by atoms with van der Waals surface area (Å²) in [6.07, 6.45) is -2.60. The average molecular weight is 251 g/mol. The Morgan fingerprint density at radius 3 is 2.33 bits per heavy atom. The number of ether oxygens (including phenoxy) is 1. The number of hydrogen-bond donors (Lipinski definition) is 1. The van der Waals surface area contributed by atoms with E-state index in [1.165, 1.54) is 6.92 Å². The lowest BCUT2D eigenvalue weighted by atomic mass is 9.92. The minimum atomic E-state index is -2.60. The lowest BCUT2D eigenvalue weighted by Crippen LogP contribution is -2.40. The van der Waals surface area contributed by atoms with E-state index in [-0.39, 0.29) is 0 Å². The van der Waals surface area contributed by atoms with Crippen molar-refractivity contribution in [3.63, 3.8) is 0 Å². The predicted molar refractivity (Wildman–Crippen MR) is 68.0 cm³/mol. The van der Waals surface area contributed by atoms with Crippen molar-refractivity contribution < 1.29 is 13.5 Å². The molecule has 0 radical (unpaired) electrons. The zero-order valence-corrected chi connectivity index (χ0v) is 10.3. The largest absolute Gasteiger partial charge is 0.497 e. The fraction of sp³-hybridized carbons (Fsp3) is 0.286. The molecule has 96 valence electrons. The van der Waals surface area contributed by atoms with Gasteiger partial charge in [0.05, 0.1) is 12.6 Å². The first-order valence-corrected chi connectivity index (χ1v) is 5.60. The van der Waals surface area contributed by atoms with E-state index in [9.17, 15) is 8.78 Å². The molecule has 0 aromatic heterocycles. The van der Waals surface area contributed by atoms with Gasteiger partial charge in [0.2, 0.25) is 0 Å². The maximum atomic E-state index is 12.9. The molecule has 0 aliphatic carbocycles. The molecule has 0 saturated carbocycles. The molecule has 0 amide bonds. The van der Waals surface area contributed by atoms with E-state index in [1.54, 1.807) is 31.4 Å². The molecule has 0 bridgehead atoms. The Bertz CT molecular complexity index is 567. The van der Waals surface area contributed by atoms with Crippen molar-refractivity contribution in [3.05, 3.63) is 42.0 Å². The minimum Gasteiger partial charge on any atom is -0.497 e. The fourth-order valence-corrected chi connectivity index (χ4v) is 1.81. The average Bonchev–Trinajstić information content (AvgIpc) is 2.37. The highest BCUT2D eigenvalue weighted by Crippen LogP contribution is 2.29. The monoisotopic (exact) mass is 251 g/mol. The molecule has 1 atom stereocenters. The Balaban J connectivity index is 2.51. The van der Waals surface area contributed by atoms with Crippen molar-refractivity contribution in [1.29, 1.82) is 0 Å². The molecular formula is C14H15F2NO. The Kier molecular flexibility index (Phi) is 3.22. The molecule has 0 aliphatic heterocycles. The number of alkyl halides is 2. The highest BCUT2D eigenvalue weighted by molar-refractivity contribution is 5.84. The lowest BCUT2D eigenvalue weighted by Gasteiger charge is -2.24. The van der Waals surface area contributed by atoms with Crippen LogP contribution in [0.25, 0.3) is 10.8 Å².